The van der Waals surface area contributed by atoms with Crippen LogP contribution in [0.1, 0.15) is 61.5 Å². The lowest BCUT2D eigenvalue weighted by Crippen LogP contribution is -2.36. The molecule has 10 heteroatoms. The first-order valence-corrected chi connectivity index (χ1v) is 12.3. The van der Waals surface area contributed by atoms with Crippen molar-refractivity contribution < 1.29 is 14.6 Å². The van der Waals surface area contributed by atoms with Crippen molar-refractivity contribution in [2.45, 2.75) is 58.0 Å². The van der Waals surface area contributed by atoms with E-state index >= 15 is 0 Å². The number of hydrogen-bond acceptors (Lipinski definition) is 8. The molecule has 0 unspecified atom stereocenters. The monoisotopic (exact) mass is 477 g/mol. The van der Waals surface area contributed by atoms with Crippen LogP contribution in [-0.2, 0) is 18.4 Å². The zero-order chi connectivity index (χ0) is 24.4. The Kier molecular flexibility index (Phi) is 6.61. The van der Waals surface area contributed by atoms with Crippen LogP contribution in [0.3, 0.4) is 0 Å². The quantitative estimate of drug-likeness (QED) is 0.520. The fourth-order valence-corrected chi connectivity index (χ4v) is 4.94. The maximum atomic E-state index is 11.2. The van der Waals surface area contributed by atoms with Gasteiger partial charge in [0, 0.05) is 38.7 Å². The van der Waals surface area contributed by atoms with Gasteiger partial charge in [0.25, 0.3) is 0 Å². The number of carboxylic acids is 1. The highest BCUT2D eigenvalue weighted by Gasteiger charge is 2.25. The third-order valence-corrected chi connectivity index (χ3v) is 7.08. The molecule has 2 aliphatic rings. The SMILES string of the molecule is Cc1nc(-c2nnn(C)c2COc2nccc(C3CCC3)n2)ccc1N1CCC[C@H](CC(=O)O)C1. The Hall–Kier alpha value is -3.56. The van der Waals surface area contributed by atoms with Crippen molar-refractivity contribution in [2.24, 2.45) is 13.0 Å². The summed E-state index contributed by atoms with van der Waals surface area (Å²) in [7, 11) is 1.83. The molecular weight excluding hydrogens is 446 g/mol. The molecule has 0 bridgehead atoms. The molecule has 1 saturated heterocycles. The first-order valence-electron chi connectivity index (χ1n) is 12.3. The Balaban J connectivity index is 1.31. The van der Waals surface area contributed by atoms with Gasteiger partial charge < -0.3 is 14.7 Å². The summed E-state index contributed by atoms with van der Waals surface area (Å²) >= 11 is 0. The average molecular weight is 478 g/mol. The maximum absolute atomic E-state index is 11.2. The molecule has 1 N–H and O–H groups in total. The first-order chi connectivity index (χ1) is 17.0. The summed E-state index contributed by atoms with van der Waals surface area (Å²) in [5.41, 5.74) is 5.14. The minimum Gasteiger partial charge on any atom is -0.481 e. The van der Waals surface area contributed by atoms with Crippen molar-refractivity contribution in [3.05, 3.63) is 41.5 Å². The predicted molar refractivity (Wildman–Crippen MR) is 129 cm³/mol. The van der Waals surface area contributed by atoms with E-state index in [1.54, 1.807) is 10.9 Å². The Morgan fingerprint density at radius 1 is 1.17 bits per heavy atom. The van der Waals surface area contributed by atoms with Crippen molar-refractivity contribution in [3.8, 4) is 17.4 Å². The molecule has 1 aliphatic heterocycles. The molecule has 184 valence electrons. The molecule has 0 radical (unpaired) electrons. The van der Waals surface area contributed by atoms with Gasteiger partial charge in [-0.15, -0.1) is 5.10 Å². The molecule has 2 fully saturated rings. The Bertz CT molecular complexity index is 1210. The van der Waals surface area contributed by atoms with Gasteiger partial charge in [-0.25, -0.2) is 14.6 Å². The number of aryl methyl sites for hydroxylation is 2. The molecule has 5 rings (SSSR count). The number of rotatable bonds is 8. The largest absolute Gasteiger partial charge is 0.481 e. The lowest BCUT2D eigenvalue weighted by molar-refractivity contribution is -0.138. The smallest absolute Gasteiger partial charge is 0.316 e. The van der Waals surface area contributed by atoms with Crippen LogP contribution in [0.4, 0.5) is 5.69 Å². The van der Waals surface area contributed by atoms with Crippen LogP contribution in [0.2, 0.25) is 0 Å². The van der Waals surface area contributed by atoms with Gasteiger partial charge in [-0.1, -0.05) is 11.6 Å². The van der Waals surface area contributed by atoms with Gasteiger partial charge in [0.15, 0.2) is 0 Å². The molecule has 35 heavy (non-hydrogen) atoms. The number of nitrogens with zero attached hydrogens (tertiary/aromatic N) is 7. The van der Waals surface area contributed by atoms with Gasteiger partial charge in [0.1, 0.15) is 18.0 Å². The minimum absolute atomic E-state index is 0.161. The van der Waals surface area contributed by atoms with Crippen molar-refractivity contribution >= 4 is 11.7 Å². The van der Waals surface area contributed by atoms with Gasteiger partial charge in [-0.05, 0) is 56.7 Å². The number of ether oxygens (including phenoxy) is 1. The van der Waals surface area contributed by atoms with E-state index in [2.05, 4.69) is 25.2 Å². The molecular formula is C25H31N7O3. The Morgan fingerprint density at radius 2 is 2.03 bits per heavy atom. The van der Waals surface area contributed by atoms with Crippen LogP contribution < -0.4 is 9.64 Å². The van der Waals surface area contributed by atoms with E-state index < -0.39 is 5.97 Å². The molecule has 1 saturated carbocycles. The first kappa shape index (κ1) is 23.2. The third kappa shape index (κ3) is 5.11. The third-order valence-electron chi connectivity index (χ3n) is 7.08. The van der Waals surface area contributed by atoms with Gasteiger partial charge in [-0.2, -0.15) is 4.98 Å². The highest BCUT2D eigenvalue weighted by molar-refractivity contribution is 5.67. The lowest BCUT2D eigenvalue weighted by atomic mass is 9.83. The lowest BCUT2D eigenvalue weighted by Gasteiger charge is -2.34. The van der Waals surface area contributed by atoms with Crippen molar-refractivity contribution in [3.63, 3.8) is 0 Å². The summed E-state index contributed by atoms with van der Waals surface area (Å²) in [6, 6.07) is 6.33. The van der Waals surface area contributed by atoms with Crippen LogP contribution in [0.25, 0.3) is 11.4 Å². The summed E-state index contributed by atoms with van der Waals surface area (Å²) in [6.45, 7) is 3.85. The number of aromatic nitrogens is 6. The predicted octanol–water partition coefficient (Wildman–Crippen LogP) is 3.51. The molecule has 0 aromatic carbocycles. The van der Waals surface area contributed by atoms with Crippen molar-refractivity contribution in [1.82, 2.24) is 29.9 Å². The Labute approximate surface area is 204 Å². The van der Waals surface area contributed by atoms with E-state index in [9.17, 15) is 9.90 Å². The molecule has 1 atom stereocenters. The van der Waals surface area contributed by atoms with Crippen LogP contribution in [0.5, 0.6) is 6.01 Å². The molecule has 10 nitrogen and oxygen atoms in total. The van der Waals surface area contributed by atoms with Crippen molar-refractivity contribution in [2.75, 3.05) is 18.0 Å². The fraction of sp³-hybridized carbons (Fsp3) is 0.520. The highest BCUT2D eigenvalue weighted by atomic mass is 16.5. The van der Waals surface area contributed by atoms with E-state index in [0.717, 1.165) is 54.4 Å². The molecule has 4 heterocycles. The standard InChI is InChI=1S/C25H31N7O3/c1-16-21(32-12-4-5-17(14-32)13-23(33)34)9-8-20(27-16)24-22(31(2)30-29-24)15-35-25-26-11-10-19(28-25)18-6-3-7-18/h8-11,17-18H,3-7,12-15H2,1-2H3,(H,33,34)/t17-/m1/s1. The molecule has 1 aliphatic carbocycles. The number of pyridine rings is 1. The topological polar surface area (TPSA) is 119 Å². The number of carboxylic acid groups (broad SMARTS) is 1. The minimum atomic E-state index is -0.736. The zero-order valence-electron chi connectivity index (χ0n) is 20.2. The summed E-state index contributed by atoms with van der Waals surface area (Å²) in [4.78, 5) is 27.1. The van der Waals surface area contributed by atoms with E-state index in [0.29, 0.717) is 17.6 Å². The van der Waals surface area contributed by atoms with Gasteiger partial charge in [0.05, 0.1) is 22.8 Å². The molecule has 0 spiro atoms. The van der Waals surface area contributed by atoms with Crippen LogP contribution in [-0.4, -0.2) is 54.1 Å². The number of carbonyl (C=O) groups is 1. The van der Waals surface area contributed by atoms with E-state index in [-0.39, 0.29) is 18.9 Å². The van der Waals surface area contributed by atoms with E-state index in [1.807, 2.05) is 32.2 Å². The summed E-state index contributed by atoms with van der Waals surface area (Å²) in [6.07, 6.45) is 7.48. The van der Waals surface area contributed by atoms with E-state index in [1.165, 1.54) is 19.3 Å². The molecule has 3 aromatic rings. The number of hydrogen-bond donors (Lipinski definition) is 1. The number of piperidine rings is 1. The molecule has 0 amide bonds. The van der Waals surface area contributed by atoms with Crippen LogP contribution >= 0.6 is 0 Å². The second-order valence-electron chi connectivity index (χ2n) is 9.54. The second-order valence-corrected chi connectivity index (χ2v) is 9.54. The average Bonchev–Trinajstić information content (AvgIpc) is 3.17. The summed E-state index contributed by atoms with van der Waals surface area (Å²) in [5, 5.41) is 17.7. The highest BCUT2D eigenvalue weighted by Crippen LogP contribution is 2.35. The van der Waals surface area contributed by atoms with Gasteiger partial charge in [0.2, 0.25) is 0 Å². The van der Waals surface area contributed by atoms with Crippen molar-refractivity contribution in [1.29, 1.82) is 0 Å². The Morgan fingerprint density at radius 3 is 2.77 bits per heavy atom. The summed E-state index contributed by atoms with van der Waals surface area (Å²) in [5.74, 6) is -0.0621. The van der Waals surface area contributed by atoms with Crippen LogP contribution in [0, 0.1) is 12.8 Å². The zero-order valence-corrected chi connectivity index (χ0v) is 20.2. The maximum Gasteiger partial charge on any atom is 0.316 e. The van der Waals surface area contributed by atoms with Crippen LogP contribution in [0.15, 0.2) is 24.4 Å². The fourth-order valence-electron chi connectivity index (χ4n) is 4.94. The summed E-state index contributed by atoms with van der Waals surface area (Å²) < 4.78 is 7.63. The molecule has 3 aromatic heterocycles. The van der Waals surface area contributed by atoms with Gasteiger partial charge >= 0.3 is 12.0 Å². The normalized spacial score (nSPS) is 18.3. The van der Waals surface area contributed by atoms with Gasteiger partial charge in [-0.3, -0.25) is 4.79 Å². The second kappa shape index (κ2) is 9.97. The number of anilines is 1. The number of aliphatic carboxylic acids is 1. The van der Waals surface area contributed by atoms with E-state index in [4.69, 9.17) is 9.72 Å².